The first-order chi connectivity index (χ1) is 9.00. The molecule has 0 aliphatic carbocycles. The van der Waals surface area contributed by atoms with Crippen LogP contribution in [-0.2, 0) is 0 Å². The van der Waals surface area contributed by atoms with Crippen molar-refractivity contribution in [1.82, 2.24) is 5.32 Å². The van der Waals surface area contributed by atoms with Crippen LogP contribution in [0.2, 0.25) is 0 Å². The van der Waals surface area contributed by atoms with Crippen LogP contribution in [0.5, 0.6) is 0 Å². The van der Waals surface area contributed by atoms with Gasteiger partial charge in [-0.3, -0.25) is 0 Å². The van der Waals surface area contributed by atoms with Crippen molar-refractivity contribution in [2.24, 2.45) is 5.41 Å². The maximum absolute atomic E-state index is 13.8. The zero-order valence-corrected chi connectivity index (χ0v) is 12.2. The molecule has 1 atom stereocenters. The monoisotopic (exact) mass is 267 g/mol. The molecule has 0 saturated heterocycles. The average molecular weight is 267 g/mol. The SMILES string of the molecule is CCC(NCC(C)(C)CCCO)c1ccccc1F. The van der Waals surface area contributed by atoms with Gasteiger partial charge in [-0.2, -0.15) is 0 Å². The summed E-state index contributed by atoms with van der Waals surface area (Å²) in [5.74, 6) is -0.144. The maximum atomic E-state index is 13.8. The molecule has 0 heterocycles. The van der Waals surface area contributed by atoms with Crippen molar-refractivity contribution in [1.29, 1.82) is 0 Å². The third kappa shape index (κ3) is 5.29. The number of aliphatic hydroxyl groups is 1. The van der Waals surface area contributed by atoms with Gasteiger partial charge in [-0.1, -0.05) is 39.0 Å². The zero-order chi connectivity index (χ0) is 14.3. The first kappa shape index (κ1) is 16.1. The van der Waals surface area contributed by atoms with Crippen LogP contribution >= 0.6 is 0 Å². The Hall–Kier alpha value is -0.930. The minimum Gasteiger partial charge on any atom is -0.396 e. The molecule has 108 valence electrons. The summed E-state index contributed by atoms with van der Waals surface area (Å²) < 4.78 is 13.8. The van der Waals surface area contributed by atoms with Crippen LogP contribution in [-0.4, -0.2) is 18.3 Å². The van der Waals surface area contributed by atoms with Crippen molar-refractivity contribution in [3.8, 4) is 0 Å². The quantitative estimate of drug-likeness (QED) is 0.753. The van der Waals surface area contributed by atoms with E-state index in [1.54, 1.807) is 6.07 Å². The predicted octanol–water partition coefficient (Wildman–Crippen LogP) is 3.67. The van der Waals surface area contributed by atoms with Gasteiger partial charge in [0.1, 0.15) is 5.82 Å². The lowest BCUT2D eigenvalue weighted by molar-refractivity contribution is 0.231. The molecule has 1 rings (SSSR count). The maximum Gasteiger partial charge on any atom is 0.127 e. The number of rotatable bonds is 8. The van der Waals surface area contributed by atoms with E-state index in [4.69, 9.17) is 5.11 Å². The first-order valence-corrected chi connectivity index (χ1v) is 7.09. The molecule has 1 aromatic rings. The van der Waals surface area contributed by atoms with E-state index in [2.05, 4.69) is 26.1 Å². The molecule has 0 fully saturated rings. The molecule has 2 nitrogen and oxygen atoms in total. The highest BCUT2D eigenvalue weighted by Gasteiger charge is 2.20. The normalized spacial score (nSPS) is 13.5. The lowest BCUT2D eigenvalue weighted by atomic mass is 9.87. The van der Waals surface area contributed by atoms with Gasteiger partial charge in [-0.05, 0) is 30.7 Å². The lowest BCUT2D eigenvalue weighted by Gasteiger charge is -2.28. The minimum absolute atomic E-state index is 0.0506. The molecule has 0 saturated carbocycles. The first-order valence-electron chi connectivity index (χ1n) is 7.09. The van der Waals surface area contributed by atoms with E-state index >= 15 is 0 Å². The van der Waals surface area contributed by atoms with Crippen molar-refractivity contribution in [3.05, 3.63) is 35.6 Å². The third-order valence-corrected chi connectivity index (χ3v) is 3.53. The number of hydrogen-bond acceptors (Lipinski definition) is 2. The second-order valence-electron chi connectivity index (χ2n) is 5.85. The number of halogens is 1. The number of hydrogen-bond donors (Lipinski definition) is 2. The Kier molecular flexibility index (Phi) is 6.46. The molecule has 0 amide bonds. The molecule has 2 N–H and O–H groups in total. The van der Waals surface area contributed by atoms with E-state index in [0.717, 1.165) is 31.4 Å². The summed E-state index contributed by atoms with van der Waals surface area (Å²) in [6, 6.07) is 7.00. The number of nitrogens with one attached hydrogen (secondary N) is 1. The van der Waals surface area contributed by atoms with Crippen molar-refractivity contribution in [2.75, 3.05) is 13.2 Å². The van der Waals surface area contributed by atoms with Gasteiger partial charge in [0.15, 0.2) is 0 Å². The van der Waals surface area contributed by atoms with Crippen molar-refractivity contribution < 1.29 is 9.50 Å². The van der Waals surface area contributed by atoms with Crippen LogP contribution in [0.15, 0.2) is 24.3 Å². The second kappa shape index (κ2) is 7.61. The van der Waals surface area contributed by atoms with Gasteiger partial charge in [0.2, 0.25) is 0 Å². The summed E-state index contributed by atoms with van der Waals surface area (Å²) in [5, 5.41) is 12.4. The van der Waals surface area contributed by atoms with Crippen LogP contribution in [0.1, 0.15) is 51.6 Å². The fourth-order valence-electron chi connectivity index (χ4n) is 2.28. The van der Waals surface area contributed by atoms with E-state index in [9.17, 15) is 4.39 Å². The van der Waals surface area contributed by atoms with Crippen molar-refractivity contribution >= 4 is 0 Å². The van der Waals surface area contributed by atoms with Crippen LogP contribution in [0.3, 0.4) is 0 Å². The predicted molar refractivity (Wildman–Crippen MR) is 77.5 cm³/mol. The summed E-state index contributed by atoms with van der Waals surface area (Å²) in [6.45, 7) is 7.45. The molecule has 1 unspecified atom stereocenters. The Morgan fingerprint density at radius 1 is 1.32 bits per heavy atom. The minimum atomic E-state index is -0.144. The number of aliphatic hydroxyl groups excluding tert-OH is 1. The Bertz CT molecular complexity index is 379. The molecule has 3 heteroatoms. The van der Waals surface area contributed by atoms with Gasteiger partial charge in [0.25, 0.3) is 0 Å². The Morgan fingerprint density at radius 3 is 2.58 bits per heavy atom. The fraction of sp³-hybridized carbons (Fsp3) is 0.625. The average Bonchev–Trinajstić information content (AvgIpc) is 2.39. The Balaban J connectivity index is 2.61. The molecule has 0 aliphatic rings. The summed E-state index contributed by atoms with van der Waals surface area (Å²) >= 11 is 0. The molecule has 19 heavy (non-hydrogen) atoms. The van der Waals surface area contributed by atoms with Gasteiger partial charge in [0.05, 0.1) is 0 Å². The summed E-state index contributed by atoms with van der Waals surface area (Å²) in [6.07, 6.45) is 2.63. The van der Waals surface area contributed by atoms with Crippen molar-refractivity contribution in [2.45, 2.75) is 46.1 Å². The largest absolute Gasteiger partial charge is 0.396 e. The van der Waals surface area contributed by atoms with Crippen LogP contribution < -0.4 is 5.32 Å². The summed E-state index contributed by atoms with van der Waals surface area (Å²) in [5.41, 5.74) is 0.851. The van der Waals surface area contributed by atoms with Crippen LogP contribution in [0.4, 0.5) is 4.39 Å². The third-order valence-electron chi connectivity index (χ3n) is 3.53. The lowest BCUT2D eigenvalue weighted by Crippen LogP contribution is -2.32. The molecule has 0 bridgehead atoms. The van der Waals surface area contributed by atoms with Crippen LogP contribution in [0, 0.1) is 11.2 Å². The van der Waals surface area contributed by atoms with E-state index in [-0.39, 0.29) is 23.9 Å². The summed E-state index contributed by atoms with van der Waals surface area (Å²) in [7, 11) is 0. The van der Waals surface area contributed by atoms with E-state index in [1.807, 2.05) is 12.1 Å². The number of benzene rings is 1. The zero-order valence-electron chi connectivity index (χ0n) is 12.2. The topological polar surface area (TPSA) is 32.3 Å². The fourth-order valence-corrected chi connectivity index (χ4v) is 2.28. The second-order valence-corrected chi connectivity index (χ2v) is 5.85. The molecular formula is C16H26FNO. The molecule has 0 radical (unpaired) electrons. The Morgan fingerprint density at radius 2 is 2.00 bits per heavy atom. The molecular weight excluding hydrogens is 241 g/mol. The molecule has 0 aromatic heterocycles. The highest BCUT2D eigenvalue weighted by molar-refractivity contribution is 5.21. The van der Waals surface area contributed by atoms with Gasteiger partial charge in [-0.25, -0.2) is 4.39 Å². The molecule has 1 aromatic carbocycles. The van der Waals surface area contributed by atoms with Gasteiger partial charge in [-0.15, -0.1) is 0 Å². The van der Waals surface area contributed by atoms with Crippen molar-refractivity contribution in [3.63, 3.8) is 0 Å². The molecule has 0 spiro atoms. The van der Waals surface area contributed by atoms with Gasteiger partial charge in [0, 0.05) is 24.8 Å². The van der Waals surface area contributed by atoms with E-state index in [1.165, 1.54) is 6.07 Å². The van der Waals surface area contributed by atoms with E-state index in [0.29, 0.717) is 0 Å². The van der Waals surface area contributed by atoms with Gasteiger partial charge < -0.3 is 10.4 Å². The summed E-state index contributed by atoms with van der Waals surface area (Å²) in [4.78, 5) is 0. The highest BCUT2D eigenvalue weighted by Crippen LogP contribution is 2.25. The van der Waals surface area contributed by atoms with Gasteiger partial charge >= 0.3 is 0 Å². The Labute approximate surface area is 116 Å². The smallest absolute Gasteiger partial charge is 0.127 e. The highest BCUT2D eigenvalue weighted by atomic mass is 19.1. The molecule has 0 aliphatic heterocycles. The van der Waals surface area contributed by atoms with E-state index < -0.39 is 0 Å². The standard InChI is InChI=1S/C16H26FNO/c1-4-15(13-8-5-6-9-14(13)17)18-12-16(2,3)10-7-11-19/h5-6,8-9,15,18-19H,4,7,10-12H2,1-3H3. The van der Waals surface area contributed by atoms with Crippen LogP contribution in [0.25, 0.3) is 0 Å².